The van der Waals surface area contributed by atoms with Crippen LogP contribution in [0.15, 0.2) is 48.5 Å². The fourth-order valence-corrected chi connectivity index (χ4v) is 2.12. The van der Waals surface area contributed by atoms with Crippen molar-refractivity contribution in [2.75, 3.05) is 11.9 Å². The molecular formula is C16H14FN3. The van der Waals surface area contributed by atoms with Gasteiger partial charge in [-0.3, -0.25) is 0 Å². The molecule has 0 bridgehead atoms. The molecule has 0 radical (unpaired) electrons. The van der Waals surface area contributed by atoms with E-state index >= 15 is 0 Å². The minimum absolute atomic E-state index is 0.294. The molecule has 4 heteroatoms. The first-order valence-electron chi connectivity index (χ1n) is 6.54. The first-order chi connectivity index (χ1) is 9.78. The van der Waals surface area contributed by atoms with Gasteiger partial charge >= 0.3 is 0 Å². The second kappa shape index (κ2) is 5.25. The molecule has 0 aliphatic carbocycles. The summed E-state index contributed by atoms with van der Waals surface area (Å²) in [5.41, 5.74) is 1.52. The highest BCUT2D eigenvalue weighted by atomic mass is 19.1. The van der Waals surface area contributed by atoms with Crippen LogP contribution in [0.1, 0.15) is 6.92 Å². The third-order valence-electron chi connectivity index (χ3n) is 3.04. The summed E-state index contributed by atoms with van der Waals surface area (Å²) in [4.78, 5) is 9.00. The van der Waals surface area contributed by atoms with Gasteiger partial charge in [0.15, 0.2) is 5.82 Å². The maximum absolute atomic E-state index is 13.4. The van der Waals surface area contributed by atoms with Crippen LogP contribution in [0.25, 0.3) is 22.3 Å². The molecule has 1 aromatic heterocycles. The van der Waals surface area contributed by atoms with Gasteiger partial charge in [0.1, 0.15) is 11.6 Å². The van der Waals surface area contributed by atoms with Gasteiger partial charge in [-0.2, -0.15) is 0 Å². The van der Waals surface area contributed by atoms with Gasteiger partial charge in [0.2, 0.25) is 0 Å². The van der Waals surface area contributed by atoms with E-state index in [0.29, 0.717) is 11.3 Å². The number of halogens is 1. The summed E-state index contributed by atoms with van der Waals surface area (Å²) in [5.74, 6) is 1.04. The monoisotopic (exact) mass is 267 g/mol. The number of rotatable bonds is 3. The molecule has 0 aliphatic rings. The number of hydrogen-bond donors (Lipinski definition) is 1. The predicted molar refractivity (Wildman–Crippen MR) is 79.1 cm³/mol. The molecule has 1 N–H and O–H groups in total. The van der Waals surface area contributed by atoms with Crippen LogP contribution in [0.2, 0.25) is 0 Å². The van der Waals surface area contributed by atoms with Crippen LogP contribution < -0.4 is 5.32 Å². The van der Waals surface area contributed by atoms with E-state index in [0.717, 1.165) is 23.3 Å². The van der Waals surface area contributed by atoms with Crippen LogP contribution >= 0.6 is 0 Å². The van der Waals surface area contributed by atoms with Crippen LogP contribution in [0.4, 0.5) is 10.2 Å². The minimum atomic E-state index is -0.294. The molecule has 0 fully saturated rings. The Balaban J connectivity index is 2.24. The standard InChI is InChI=1S/C16H14FN3/c1-2-18-16-13-9-8-12(17)10-14(13)19-15(20-16)11-6-4-3-5-7-11/h3-10H,2H2,1H3,(H,18,19,20). The van der Waals surface area contributed by atoms with Gasteiger partial charge < -0.3 is 5.32 Å². The number of aromatic nitrogens is 2. The van der Waals surface area contributed by atoms with E-state index in [2.05, 4.69) is 15.3 Å². The Bertz CT molecular complexity index is 741. The van der Waals surface area contributed by atoms with Crippen LogP contribution in [0, 0.1) is 5.82 Å². The number of nitrogens with one attached hydrogen (secondary N) is 1. The zero-order valence-corrected chi connectivity index (χ0v) is 11.1. The van der Waals surface area contributed by atoms with Crippen molar-refractivity contribution >= 4 is 16.7 Å². The van der Waals surface area contributed by atoms with Crippen molar-refractivity contribution in [3.8, 4) is 11.4 Å². The fraction of sp³-hybridized carbons (Fsp3) is 0.125. The van der Waals surface area contributed by atoms with E-state index in [-0.39, 0.29) is 5.82 Å². The Hall–Kier alpha value is -2.49. The summed E-state index contributed by atoms with van der Waals surface area (Å²) in [6.07, 6.45) is 0. The molecule has 0 unspecified atom stereocenters. The van der Waals surface area contributed by atoms with E-state index < -0.39 is 0 Å². The molecule has 0 aliphatic heterocycles. The molecule has 2 aromatic carbocycles. The number of fused-ring (bicyclic) bond motifs is 1. The van der Waals surface area contributed by atoms with Crippen molar-refractivity contribution in [2.24, 2.45) is 0 Å². The van der Waals surface area contributed by atoms with E-state index in [4.69, 9.17) is 0 Å². The number of nitrogens with zero attached hydrogens (tertiary/aromatic N) is 2. The van der Waals surface area contributed by atoms with E-state index in [1.54, 1.807) is 6.07 Å². The van der Waals surface area contributed by atoms with Gasteiger partial charge in [-0.1, -0.05) is 30.3 Å². The molecule has 0 saturated carbocycles. The maximum Gasteiger partial charge on any atom is 0.162 e. The van der Waals surface area contributed by atoms with E-state index in [1.807, 2.05) is 37.3 Å². The predicted octanol–water partition coefficient (Wildman–Crippen LogP) is 3.87. The third kappa shape index (κ3) is 2.32. The molecule has 3 rings (SSSR count). The van der Waals surface area contributed by atoms with Gasteiger partial charge in [-0.15, -0.1) is 0 Å². The quantitative estimate of drug-likeness (QED) is 0.782. The highest BCUT2D eigenvalue weighted by Crippen LogP contribution is 2.25. The van der Waals surface area contributed by atoms with Crippen molar-refractivity contribution in [1.82, 2.24) is 9.97 Å². The largest absolute Gasteiger partial charge is 0.370 e. The Morgan fingerprint density at radius 1 is 1.05 bits per heavy atom. The Labute approximate surface area is 116 Å². The second-order valence-electron chi connectivity index (χ2n) is 4.45. The second-order valence-corrected chi connectivity index (χ2v) is 4.45. The summed E-state index contributed by atoms with van der Waals surface area (Å²) >= 11 is 0. The van der Waals surface area contributed by atoms with Gasteiger partial charge in [0.05, 0.1) is 5.52 Å². The third-order valence-corrected chi connectivity index (χ3v) is 3.04. The van der Waals surface area contributed by atoms with Gasteiger partial charge in [-0.25, -0.2) is 14.4 Å². The molecule has 3 aromatic rings. The van der Waals surface area contributed by atoms with E-state index in [1.165, 1.54) is 12.1 Å². The Morgan fingerprint density at radius 3 is 2.60 bits per heavy atom. The molecule has 0 saturated heterocycles. The lowest BCUT2D eigenvalue weighted by molar-refractivity contribution is 0.629. The molecule has 0 amide bonds. The van der Waals surface area contributed by atoms with Crippen LogP contribution in [0.3, 0.4) is 0 Å². The summed E-state index contributed by atoms with van der Waals surface area (Å²) in [6, 6.07) is 14.3. The molecule has 1 heterocycles. The molecular weight excluding hydrogens is 253 g/mol. The van der Waals surface area contributed by atoms with Crippen LogP contribution in [-0.2, 0) is 0 Å². The lowest BCUT2D eigenvalue weighted by Crippen LogP contribution is -2.03. The van der Waals surface area contributed by atoms with Gasteiger partial charge in [-0.05, 0) is 19.1 Å². The summed E-state index contributed by atoms with van der Waals surface area (Å²) in [5, 5.41) is 4.03. The summed E-state index contributed by atoms with van der Waals surface area (Å²) in [6.45, 7) is 2.75. The van der Waals surface area contributed by atoms with Crippen LogP contribution in [-0.4, -0.2) is 16.5 Å². The van der Waals surface area contributed by atoms with Crippen molar-refractivity contribution < 1.29 is 4.39 Å². The first kappa shape index (κ1) is 12.5. The zero-order chi connectivity index (χ0) is 13.9. The average molecular weight is 267 g/mol. The normalized spacial score (nSPS) is 10.7. The SMILES string of the molecule is CCNc1nc(-c2ccccc2)nc2cc(F)ccc12. The molecule has 0 atom stereocenters. The molecule has 20 heavy (non-hydrogen) atoms. The minimum Gasteiger partial charge on any atom is -0.370 e. The first-order valence-corrected chi connectivity index (χ1v) is 6.54. The average Bonchev–Trinajstić information content (AvgIpc) is 2.48. The molecule has 0 spiro atoms. The van der Waals surface area contributed by atoms with Crippen molar-refractivity contribution in [1.29, 1.82) is 0 Å². The highest BCUT2D eigenvalue weighted by molar-refractivity contribution is 5.90. The van der Waals surface area contributed by atoms with E-state index in [9.17, 15) is 4.39 Å². The summed E-state index contributed by atoms with van der Waals surface area (Å²) in [7, 11) is 0. The fourth-order valence-electron chi connectivity index (χ4n) is 2.12. The van der Waals surface area contributed by atoms with Gasteiger partial charge in [0, 0.05) is 23.6 Å². The van der Waals surface area contributed by atoms with Crippen LogP contribution in [0.5, 0.6) is 0 Å². The van der Waals surface area contributed by atoms with Crippen molar-refractivity contribution in [2.45, 2.75) is 6.92 Å². The lowest BCUT2D eigenvalue weighted by Gasteiger charge is -2.09. The molecule has 3 nitrogen and oxygen atoms in total. The lowest BCUT2D eigenvalue weighted by atomic mass is 10.2. The topological polar surface area (TPSA) is 37.8 Å². The smallest absolute Gasteiger partial charge is 0.162 e. The maximum atomic E-state index is 13.4. The summed E-state index contributed by atoms with van der Waals surface area (Å²) < 4.78 is 13.4. The van der Waals surface area contributed by atoms with Crippen molar-refractivity contribution in [3.63, 3.8) is 0 Å². The van der Waals surface area contributed by atoms with Gasteiger partial charge in [0.25, 0.3) is 0 Å². The number of benzene rings is 2. The number of hydrogen-bond acceptors (Lipinski definition) is 3. The molecule has 100 valence electrons. The zero-order valence-electron chi connectivity index (χ0n) is 11.1. The van der Waals surface area contributed by atoms with Crippen molar-refractivity contribution in [3.05, 3.63) is 54.3 Å². The Morgan fingerprint density at radius 2 is 1.85 bits per heavy atom. The Kier molecular flexibility index (Phi) is 3.29. The number of anilines is 1. The highest BCUT2D eigenvalue weighted by Gasteiger charge is 2.09.